The molecule has 94 valence electrons. The largest absolute Gasteiger partial charge is 0.477 e. The zero-order valence-corrected chi connectivity index (χ0v) is 10.0. The van der Waals surface area contributed by atoms with Crippen molar-refractivity contribution in [2.24, 2.45) is 7.05 Å². The number of hydrogen-bond donors (Lipinski definition) is 1. The molecule has 0 saturated heterocycles. The molecular formula is C13H12FNO3. The molecule has 2 rings (SSSR count). The van der Waals surface area contributed by atoms with Crippen molar-refractivity contribution in [1.82, 2.24) is 4.57 Å². The molecule has 5 heteroatoms. The first-order chi connectivity index (χ1) is 8.47. The standard InChI is InChI=1S/C13H12FNO3/c1-3-7-10(14)5-4-8-11(7)15(2)6-9(12(8)16)13(17)18/h4-6H,3H2,1-2H3,(H,17,18). The SMILES string of the molecule is CCc1c(F)ccc2c(=O)c(C(=O)O)cn(C)c12. The zero-order chi connectivity index (χ0) is 13.4. The van der Waals surface area contributed by atoms with Crippen LogP contribution in [0, 0.1) is 5.82 Å². The fourth-order valence-corrected chi connectivity index (χ4v) is 2.15. The first-order valence-corrected chi connectivity index (χ1v) is 5.51. The minimum Gasteiger partial charge on any atom is -0.477 e. The van der Waals surface area contributed by atoms with Gasteiger partial charge in [-0.05, 0) is 18.6 Å². The van der Waals surface area contributed by atoms with E-state index in [1.54, 1.807) is 14.0 Å². The van der Waals surface area contributed by atoms with Crippen molar-refractivity contribution < 1.29 is 14.3 Å². The summed E-state index contributed by atoms with van der Waals surface area (Å²) in [5, 5.41) is 9.18. The lowest BCUT2D eigenvalue weighted by atomic mass is 10.0. The van der Waals surface area contributed by atoms with E-state index in [0.29, 0.717) is 17.5 Å². The van der Waals surface area contributed by atoms with E-state index in [4.69, 9.17) is 5.11 Å². The lowest BCUT2D eigenvalue weighted by Crippen LogP contribution is -2.18. The number of nitrogens with zero attached hydrogens (tertiary/aromatic N) is 1. The van der Waals surface area contributed by atoms with E-state index in [9.17, 15) is 14.0 Å². The van der Waals surface area contributed by atoms with Crippen LogP contribution < -0.4 is 5.43 Å². The zero-order valence-electron chi connectivity index (χ0n) is 10.0. The van der Waals surface area contributed by atoms with Gasteiger partial charge in [0.15, 0.2) is 0 Å². The lowest BCUT2D eigenvalue weighted by molar-refractivity contribution is 0.0695. The Bertz CT molecular complexity index is 703. The van der Waals surface area contributed by atoms with Gasteiger partial charge >= 0.3 is 5.97 Å². The summed E-state index contributed by atoms with van der Waals surface area (Å²) in [6.07, 6.45) is 1.66. The quantitative estimate of drug-likeness (QED) is 0.884. The second-order valence-electron chi connectivity index (χ2n) is 4.06. The number of carboxylic acids is 1. The van der Waals surface area contributed by atoms with E-state index in [-0.39, 0.29) is 16.8 Å². The van der Waals surface area contributed by atoms with Gasteiger partial charge in [0.25, 0.3) is 0 Å². The summed E-state index contributed by atoms with van der Waals surface area (Å²) in [7, 11) is 1.60. The average molecular weight is 249 g/mol. The van der Waals surface area contributed by atoms with Crippen molar-refractivity contribution in [2.45, 2.75) is 13.3 Å². The number of aromatic carboxylic acids is 1. The molecule has 1 aromatic carbocycles. The Morgan fingerprint density at radius 2 is 2.11 bits per heavy atom. The molecule has 0 unspecified atom stereocenters. The van der Waals surface area contributed by atoms with E-state index in [0.717, 1.165) is 0 Å². The second kappa shape index (κ2) is 4.25. The van der Waals surface area contributed by atoms with E-state index in [1.165, 1.54) is 22.9 Å². The van der Waals surface area contributed by atoms with Crippen molar-refractivity contribution in [3.8, 4) is 0 Å². The maximum atomic E-state index is 13.7. The fraction of sp³-hybridized carbons (Fsp3) is 0.231. The smallest absolute Gasteiger partial charge is 0.341 e. The number of rotatable bonds is 2. The topological polar surface area (TPSA) is 59.3 Å². The molecule has 0 bridgehead atoms. The van der Waals surface area contributed by atoms with Crippen molar-refractivity contribution in [2.75, 3.05) is 0 Å². The highest BCUT2D eigenvalue weighted by Crippen LogP contribution is 2.20. The number of fused-ring (bicyclic) bond motifs is 1. The van der Waals surface area contributed by atoms with Crippen molar-refractivity contribution >= 4 is 16.9 Å². The van der Waals surface area contributed by atoms with Gasteiger partial charge in [0.05, 0.1) is 5.52 Å². The van der Waals surface area contributed by atoms with Crippen LogP contribution >= 0.6 is 0 Å². The van der Waals surface area contributed by atoms with E-state index < -0.39 is 11.4 Å². The number of aromatic nitrogens is 1. The molecule has 1 heterocycles. The predicted molar refractivity (Wildman–Crippen MR) is 65.5 cm³/mol. The van der Waals surface area contributed by atoms with Crippen molar-refractivity contribution in [3.63, 3.8) is 0 Å². The fourth-order valence-electron chi connectivity index (χ4n) is 2.15. The maximum Gasteiger partial charge on any atom is 0.341 e. The summed E-state index contributed by atoms with van der Waals surface area (Å²) < 4.78 is 15.1. The summed E-state index contributed by atoms with van der Waals surface area (Å²) in [6.45, 7) is 1.79. The first-order valence-electron chi connectivity index (χ1n) is 5.51. The minimum atomic E-state index is -1.28. The van der Waals surface area contributed by atoms with Gasteiger partial charge in [0.1, 0.15) is 11.4 Å². The molecule has 0 spiro atoms. The Morgan fingerprint density at radius 1 is 1.44 bits per heavy atom. The molecule has 1 N–H and O–H groups in total. The number of hydrogen-bond acceptors (Lipinski definition) is 2. The van der Waals surface area contributed by atoms with Gasteiger partial charge < -0.3 is 9.67 Å². The van der Waals surface area contributed by atoms with Crippen LogP contribution in [0.15, 0.2) is 23.1 Å². The number of benzene rings is 1. The first kappa shape index (κ1) is 12.3. The average Bonchev–Trinajstić information content (AvgIpc) is 2.32. The monoisotopic (exact) mass is 249 g/mol. The Hall–Kier alpha value is -2.17. The molecule has 18 heavy (non-hydrogen) atoms. The molecule has 1 aromatic heterocycles. The lowest BCUT2D eigenvalue weighted by Gasteiger charge is -2.11. The van der Waals surface area contributed by atoms with Gasteiger partial charge in [-0.2, -0.15) is 0 Å². The van der Waals surface area contributed by atoms with E-state index in [1.807, 2.05) is 0 Å². The molecule has 0 aliphatic heterocycles. The highest BCUT2D eigenvalue weighted by molar-refractivity contribution is 5.93. The molecule has 0 radical (unpaired) electrons. The molecule has 0 saturated carbocycles. The molecule has 4 nitrogen and oxygen atoms in total. The number of pyridine rings is 1. The molecule has 2 aromatic rings. The third-order valence-electron chi connectivity index (χ3n) is 2.97. The van der Waals surface area contributed by atoms with Crippen LogP contribution in [0.25, 0.3) is 10.9 Å². The number of halogens is 1. The highest BCUT2D eigenvalue weighted by atomic mass is 19.1. The summed E-state index contributed by atoms with van der Waals surface area (Å²) in [5.74, 6) is -1.66. The Labute approximate surface area is 102 Å². The predicted octanol–water partition coefficient (Wildman–Crippen LogP) is 1.94. The molecule has 0 aliphatic carbocycles. The van der Waals surface area contributed by atoms with Crippen LogP contribution in [0.1, 0.15) is 22.8 Å². The minimum absolute atomic E-state index is 0.232. The second-order valence-corrected chi connectivity index (χ2v) is 4.06. The highest BCUT2D eigenvalue weighted by Gasteiger charge is 2.16. The van der Waals surface area contributed by atoms with Crippen LogP contribution in [0.3, 0.4) is 0 Å². The van der Waals surface area contributed by atoms with Crippen LogP contribution in [-0.2, 0) is 13.5 Å². The van der Waals surface area contributed by atoms with Crippen LogP contribution in [0.5, 0.6) is 0 Å². The maximum absolute atomic E-state index is 13.7. The third-order valence-corrected chi connectivity index (χ3v) is 2.97. The Balaban J connectivity index is 3.01. The molecule has 0 amide bonds. The van der Waals surface area contributed by atoms with Crippen LogP contribution in [0.4, 0.5) is 4.39 Å². The Morgan fingerprint density at radius 3 is 2.67 bits per heavy atom. The van der Waals surface area contributed by atoms with Gasteiger partial charge in [-0.1, -0.05) is 6.92 Å². The van der Waals surface area contributed by atoms with Crippen LogP contribution in [-0.4, -0.2) is 15.6 Å². The third kappa shape index (κ3) is 1.68. The van der Waals surface area contributed by atoms with Gasteiger partial charge in [-0.15, -0.1) is 0 Å². The van der Waals surface area contributed by atoms with Gasteiger partial charge in [-0.3, -0.25) is 4.79 Å². The van der Waals surface area contributed by atoms with Gasteiger partial charge in [0.2, 0.25) is 5.43 Å². The molecular weight excluding hydrogens is 237 g/mol. The van der Waals surface area contributed by atoms with E-state index >= 15 is 0 Å². The summed E-state index contributed by atoms with van der Waals surface area (Å²) in [5.41, 5.74) is -0.0134. The number of aryl methyl sites for hydroxylation is 2. The van der Waals surface area contributed by atoms with E-state index in [2.05, 4.69) is 0 Å². The molecule has 0 aliphatic rings. The molecule has 0 atom stereocenters. The van der Waals surface area contributed by atoms with Gasteiger partial charge in [0, 0.05) is 24.2 Å². The number of carboxylic acid groups (broad SMARTS) is 1. The summed E-state index contributed by atoms with van der Waals surface area (Å²) in [4.78, 5) is 22.9. The Kier molecular flexibility index (Phi) is 2.90. The van der Waals surface area contributed by atoms with Crippen molar-refractivity contribution in [1.29, 1.82) is 0 Å². The number of carbonyl (C=O) groups is 1. The van der Waals surface area contributed by atoms with Gasteiger partial charge in [-0.25, -0.2) is 9.18 Å². The summed E-state index contributed by atoms with van der Waals surface area (Å²) in [6, 6.07) is 2.53. The normalized spacial score (nSPS) is 10.8. The molecule has 0 fully saturated rings. The van der Waals surface area contributed by atoms with Crippen molar-refractivity contribution in [3.05, 3.63) is 45.5 Å². The summed E-state index contributed by atoms with van der Waals surface area (Å²) >= 11 is 0. The van der Waals surface area contributed by atoms with Crippen LogP contribution in [0.2, 0.25) is 0 Å².